The third kappa shape index (κ3) is 13.6. The number of unbranched alkanes of at least 4 members (excludes halogenated alkanes) is 2. The Labute approximate surface area is 79.1 Å². The SMILES string of the molecule is CCCCSSCCCC.N. The highest BCUT2D eigenvalue weighted by Gasteiger charge is 1.88. The zero-order chi connectivity index (χ0) is 7.66. The van der Waals surface area contributed by atoms with Crippen LogP contribution in [0.15, 0.2) is 0 Å². The van der Waals surface area contributed by atoms with Gasteiger partial charge >= 0.3 is 0 Å². The molecule has 0 aliphatic carbocycles. The van der Waals surface area contributed by atoms with Crippen molar-refractivity contribution in [3.05, 3.63) is 0 Å². The second-order valence-corrected chi connectivity index (χ2v) is 5.05. The minimum absolute atomic E-state index is 0. The van der Waals surface area contributed by atoms with Crippen molar-refractivity contribution in [1.29, 1.82) is 0 Å². The van der Waals surface area contributed by atoms with Crippen molar-refractivity contribution in [3.63, 3.8) is 0 Å². The fraction of sp³-hybridized carbons (Fsp3) is 1.00. The molecule has 3 N–H and O–H groups in total. The lowest BCUT2D eigenvalue weighted by Gasteiger charge is -1.97. The van der Waals surface area contributed by atoms with Gasteiger partial charge in [0.15, 0.2) is 0 Å². The van der Waals surface area contributed by atoms with Crippen LogP contribution in [0.1, 0.15) is 39.5 Å². The predicted octanol–water partition coefficient (Wildman–Crippen LogP) is 4.13. The zero-order valence-corrected chi connectivity index (χ0v) is 9.40. The minimum atomic E-state index is 0. The van der Waals surface area contributed by atoms with Gasteiger partial charge in [-0.2, -0.15) is 0 Å². The second kappa shape index (κ2) is 13.3. The Morgan fingerprint density at radius 2 is 1.18 bits per heavy atom. The molecule has 11 heavy (non-hydrogen) atoms. The first-order chi connectivity index (χ1) is 4.91. The summed E-state index contributed by atoms with van der Waals surface area (Å²) >= 11 is 0. The summed E-state index contributed by atoms with van der Waals surface area (Å²) in [5, 5.41) is 0. The molecule has 0 heterocycles. The van der Waals surface area contributed by atoms with E-state index in [1.807, 2.05) is 21.6 Å². The molecule has 0 aromatic heterocycles. The van der Waals surface area contributed by atoms with E-state index in [-0.39, 0.29) is 6.15 Å². The van der Waals surface area contributed by atoms with Crippen molar-refractivity contribution in [2.24, 2.45) is 0 Å². The molecule has 3 heteroatoms. The number of hydrogen-bond acceptors (Lipinski definition) is 3. The summed E-state index contributed by atoms with van der Waals surface area (Å²) in [5.41, 5.74) is 0. The van der Waals surface area contributed by atoms with Gasteiger partial charge in [0.2, 0.25) is 0 Å². The van der Waals surface area contributed by atoms with Gasteiger partial charge in [-0.25, -0.2) is 0 Å². The molecule has 0 saturated heterocycles. The Kier molecular flexibility index (Phi) is 17.1. The van der Waals surface area contributed by atoms with Crippen LogP contribution in [0.5, 0.6) is 0 Å². The molecule has 1 nitrogen and oxygen atoms in total. The maximum atomic E-state index is 2.25. The van der Waals surface area contributed by atoms with E-state index in [9.17, 15) is 0 Å². The summed E-state index contributed by atoms with van der Waals surface area (Å²) in [6.45, 7) is 4.49. The molecule has 0 bridgehead atoms. The van der Waals surface area contributed by atoms with E-state index >= 15 is 0 Å². The summed E-state index contributed by atoms with van der Waals surface area (Å²) in [6, 6.07) is 0. The highest BCUT2D eigenvalue weighted by molar-refractivity contribution is 8.76. The van der Waals surface area contributed by atoms with Crippen LogP contribution in [0, 0.1) is 0 Å². The quantitative estimate of drug-likeness (QED) is 0.490. The van der Waals surface area contributed by atoms with Crippen molar-refractivity contribution < 1.29 is 0 Å². The third-order valence-electron chi connectivity index (χ3n) is 1.25. The van der Waals surface area contributed by atoms with E-state index < -0.39 is 0 Å². The lowest BCUT2D eigenvalue weighted by Crippen LogP contribution is -1.76. The molecule has 0 spiro atoms. The van der Waals surface area contributed by atoms with Gasteiger partial charge in [-0.05, 0) is 12.8 Å². The first kappa shape index (κ1) is 14.2. The Morgan fingerprint density at radius 3 is 1.45 bits per heavy atom. The normalized spacial score (nSPS) is 9.27. The summed E-state index contributed by atoms with van der Waals surface area (Å²) in [7, 11) is 4.07. The Hall–Kier alpha value is 0.660. The summed E-state index contributed by atoms with van der Waals surface area (Å²) in [6.07, 6.45) is 5.43. The fourth-order valence-electron chi connectivity index (χ4n) is 0.524. The molecule has 0 radical (unpaired) electrons. The molecule has 0 aliphatic heterocycles. The van der Waals surface area contributed by atoms with Crippen LogP contribution in [0.25, 0.3) is 0 Å². The maximum absolute atomic E-state index is 2.25. The van der Waals surface area contributed by atoms with Crippen LogP contribution in [0.2, 0.25) is 0 Å². The van der Waals surface area contributed by atoms with Crippen molar-refractivity contribution >= 4 is 21.6 Å². The van der Waals surface area contributed by atoms with E-state index in [4.69, 9.17) is 0 Å². The smallest absolute Gasteiger partial charge is 0.00368 e. The van der Waals surface area contributed by atoms with Gasteiger partial charge in [0.05, 0.1) is 0 Å². The molecule has 0 aromatic carbocycles. The van der Waals surface area contributed by atoms with Crippen LogP contribution in [0.3, 0.4) is 0 Å². The topological polar surface area (TPSA) is 35.0 Å². The van der Waals surface area contributed by atoms with Gasteiger partial charge in [0.25, 0.3) is 0 Å². The Bertz CT molecular complexity index is 52.1. The lowest BCUT2D eigenvalue weighted by molar-refractivity contribution is 0.895. The molecular formula is C8H21NS2. The van der Waals surface area contributed by atoms with E-state index in [1.54, 1.807) is 0 Å². The van der Waals surface area contributed by atoms with Crippen LogP contribution in [0.4, 0.5) is 0 Å². The molecule has 0 atom stereocenters. The van der Waals surface area contributed by atoms with Gasteiger partial charge in [-0.1, -0.05) is 48.3 Å². The van der Waals surface area contributed by atoms with Gasteiger partial charge in [-0.15, -0.1) is 0 Å². The maximum Gasteiger partial charge on any atom is 0.00368 e. The minimum Gasteiger partial charge on any atom is -0.344 e. The summed E-state index contributed by atoms with van der Waals surface area (Å²) in [4.78, 5) is 0. The summed E-state index contributed by atoms with van der Waals surface area (Å²) < 4.78 is 0. The molecule has 0 aliphatic rings. The standard InChI is InChI=1S/C8H18S2.H3N/c1-3-5-7-9-10-8-6-4-2;/h3-8H2,1-2H3;1H3. The van der Waals surface area contributed by atoms with E-state index in [1.165, 1.54) is 37.2 Å². The van der Waals surface area contributed by atoms with Crippen molar-refractivity contribution in [2.75, 3.05) is 11.5 Å². The molecule has 0 amide bonds. The van der Waals surface area contributed by atoms with Crippen LogP contribution >= 0.6 is 21.6 Å². The number of rotatable bonds is 7. The lowest BCUT2D eigenvalue weighted by atomic mass is 10.4. The molecule has 0 fully saturated rings. The van der Waals surface area contributed by atoms with Crippen molar-refractivity contribution in [3.8, 4) is 0 Å². The van der Waals surface area contributed by atoms with Crippen molar-refractivity contribution in [2.45, 2.75) is 39.5 Å². The summed E-state index contributed by atoms with van der Waals surface area (Å²) in [5.74, 6) is 2.68. The molecule has 70 valence electrons. The van der Waals surface area contributed by atoms with Crippen LogP contribution < -0.4 is 6.15 Å². The average Bonchev–Trinajstić information content (AvgIpc) is 1.97. The van der Waals surface area contributed by atoms with Crippen LogP contribution in [-0.4, -0.2) is 11.5 Å². The molecular weight excluding hydrogens is 174 g/mol. The largest absolute Gasteiger partial charge is 0.344 e. The zero-order valence-electron chi connectivity index (χ0n) is 7.77. The van der Waals surface area contributed by atoms with E-state index in [2.05, 4.69) is 13.8 Å². The highest BCUT2D eigenvalue weighted by atomic mass is 33.1. The molecule has 0 saturated carbocycles. The highest BCUT2D eigenvalue weighted by Crippen LogP contribution is 2.23. The van der Waals surface area contributed by atoms with E-state index in [0.29, 0.717) is 0 Å². The van der Waals surface area contributed by atoms with Gasteiger partial charge in [0, 0.05) is 11.5 Å². The molecule has 0 rings (SSSR count). The third-order valence-corrected chi connectivity index (χ3v) is 3.82. The van der Waals surface area contributed by atoms with Crippen molar-refractivity contribution in [1.82, 2.24) is 6.15 Å². The van der Waals surface area contributed by atoms with E-state index in [0.717, 1.165) is 0 Å². The van der Waals surface area contributed by atoms with Crippen LogP contribution in [-0.2, 0) is 0 Å². The first-order valence-corrected chi connectivity index (χ1v) is 6.65. The Balaban J connectivity index is 0. The van der Waals surface area contributed by atoms with Gasteiger partial charge < -0.3 is 6.15 Å². The second-order valence-electron chi connectivity index (χ2n) is 2.35. The van der Waals surface area contributed by atoms with Gasteiger partial charge in [-0.3, -0.25) is 0 Å². The predicted molar refractivity (Wildman–Crippen MR) is 59.8 cm³/mol. The Morgan fingerprint density at radius 1 is 0.818 bits per heavy atom. The fourth-order valence-corrected chi connectivity index (χ4v) is 2.99. The molecule has 0 aromatic rings. The number of hydrogen-bond donors (Lipinski definition) is 1. The van der Waals surface area contributed by atoms with Gasteiger partial charge in [0.1, 0.15) is 0 Å². The molecule has 0 unspecified atom stereocenters. The first-order valence-electron chi connectivity index (χ1n) is 4.16. The average molecular weight is 195 g/mol. The monoisotopic (exact) mass is 195 g/mol.